The van der Waals surface area contributed by atoms with Crippen molar-refractivity contribution in [1.82, 2.24) is 5.32 Å². The molecule has 0 saturated carbocycles. The topological polar surface area (TPSA) is 67.4 Å². The third-order valence-electron chi connectivity index (χ3n) is 3.77. The van der Waals surface area contributed by atoms with Crippen molar-refractivity contribution >= 4 is 29.5 Å². The van der Waals surface area contributed by atoms with E-state index < -0.39 is 0 Å². The molecule has 1 atom stereocenters. The molecule has 5 nitrogen and oxygen atoms in total. The Morgan fingerprint density at radius 3 is 2.48 bits per heavy atom. The Morgan fingerprint density at radius 2 is 1.89 bits per heavy atom. The largest absolute Gasteiger partial charge is 0.460 e. The molecule has 2 N–H and O–H groups in total. The molecule has 27 heavy (non-hydrogen) atoms. The molecule has 2 rings (SSSR count). The van der Waals surface area contributed by atoms with Crippen LogP contribution in [0.5, 0.6) is 0 Å². The number of nitrogens with one attached hydrogen (secondary N) is 2. The van der Waals surface area contributed by atoms with Crippen LogP contribution >= 0.6 is 11.9 Å². The molecule has 0 aliphatic heterocycles. The summed E-state index contributed by atoms with van der Waals surface area (Å²) in [6.07, 6.45) is 4.86. The number of allylic oxidation sites excluding steroid dienone is 1. The van der Waals surface area contributed by atoms with Gasteiger partial charge in [0.05, 0.1) is 11.4 Å². The van der Waals surface area contributed by atoms with Crippen LogP contribution in [-0.2, 0) is 20.9 Å². The van der Waals surface area contributed by atoms with E-state index >= 15 is 0 Å². The van der Waals surface area contributed by atoms with E-state index in [0.717, 1.165) is 36.1 Å². The molecule has 150 valence electrons. The van der Waals surface area contributed by atoms with Crippen LogP contribution in [0.1, 0.15) is 59.4 Å². The van der Waals surface area contributed by atoms with Crippen molar-refractivity contribution in [3.63, 3.8) is 0 Å². The molecule has 0 aromatic heterocycles. The average Bonchev–Trinajstić information content (AvgIpc) is 2.66. The molecule has 1 aromatic carbocycles. The van der Waals surface area contributed by atoms with E-state index in [1.165, 1.54) is 6.92 Å². The molecule has 1 aliphatic rings. The van der Waals surface area contributed by atoms with E-state index in [1.807, 2.05) is 58.0 Å². The first-order chi connectivity index (χ1) is 13.0. The van der Waals surface area contributed by atoms with Gasteiger partial charge in [0.1, 0.15) is 0 Å². The maximum atomic E-state index is 12.2. The highest BCUT2D eigenvalue weighted by atomic mass is 32.2. The van der Waals surface area contributed by atoms with Crippen LogP contribution in [0, 0.1) is 0 Å². The molecule has 0 heterocycles. The van der Waals surface area contributed by atoms with Crippen LogP contribution in [0.25, 0.3) is 0 Å². The minimum absolute atomic E-state index is 0.0392. The lowest BCUT2D eigenvalue weighted by molar-refractivity contribution is -0.142. The van der Waals surface area contributed by atoms with Gasteiger partial charge in [0.2, 0.25) is 5.91 Å². The average molecular weight is 393 g/mol. The number of esters is 1. The number of carbonyl (C=O) groups is 2. The monoisotopic (exact) mass is 392 g/mol. The van der Waals surface area contributed by atoms with E-state index in [2.05, 4.69) is 10.0 Å². The van der Waals surface area contributed by atoms with Crippen molar-refractivity contribution in [2.75, 3.05) is 4.72 Å². The molecular weight excluding hydrogens is 360 g/mol. The fourth-order valence-corrected chi connectivity index (χ4v) is 3.54. The molecule has 1 unspecified atom stereocenters. The predicted octanol–water partition coefficient (Wildman–Crippen LogP) is 4.84. The van der Waals surface area contributed by atoms with Crippen LogP contribution in [0.2, 0.25) is 0 Å². The second-order valence-electron chi connectivity index (χ2n) is 6.36. The summed E-state index contributed by atoms with van der Waals surface area (Å²) in [5.74, 6) is -0.248. The van der Waals surface area contributed by atoms with E-state index in [-0.39, 0.29) is 23.2 Å². The molecule has 1 amide bonds. The third kappa shape index (κ3) is 8.52. The summed E-state index contributed by atoms with van der Waals surface area (Å²) in [5, 5.41) is 2.87. The second kappa shape index (κ2) is 12.4. The lowest BCUT2D eigenvalue weighted by Gasteiger charge is -2.23. The molecule has 0 bridgehead atoms. The number of hydrogen-bond donors (Lipinski definition) is 2. The van der Waals surface area contributed by atoms with Crippen LogP contribution in [0.3, 0.4) is 0 Å². The maximum absolute atomic E-state index is 12.2. The standard InChI is InChI=1S/C19H26N2O3S.C2H6/c1-13(2)24-19(23)17-6-4-5-7-18(17)25-21-16-10-8-15(9-11-16)12-20-14(3)22;1-2/h6,8-11,13,18,21H,4-5,7,12H2,1-3H3,(H,20,22);1-2H3. The summed E-state index contributed by atoms with van der Waals surface area (Å²) in [5.41, 5.74) is 2.78. The summed E-state index contributed by atoms with van der Waals surface area (Å²) in [6.45, 7) is 9.76. The minimum atomic E-state index is -0.209. The van der Waals surface area contributed by atoms with Gasteiger partial charge >= 0.3 is 5.97 Å². The molecule has 0 spiro atoms. The molecular formula is C21H32N2O3S. The second-order valence-corrected chi connectivity index (χ2v) is 7.37. The highest BCUT2D eigenvalue weighted by Gasteiger charge is 2.26. The van der Waals surface area contributed by atoms with Gasteiger partial charge in [0.15, 0.2) is 0 Å². The van der Waals surface area contributed by atoms with Gasteiger partial charge in [-0.3, -0.25) is 4.79 Å². The number of rotatable bonds is 7. The molecule has 6 heteroatoms. The van der Waals surface area contributed by atoms with Crippen LogP contribution < -0.4 is 10.0 Å². The Kier molecular flexibility index (Phi) is 10.6. The van der Waals surface area contributed by atoms with Crippen LogP contribution in [-0.4, -0.2) is 23.2 Å². The molecule has 0 radical (unpaired) electrons. The smallest absolute Gasteiger partial charge is 0.335 e. The normalized spacial score (nSPS) is 15.9. The van der Waals surface area contributed by atoms with Crippen molar-refractivity contribution < 1.29 is 14.3 Å². The van der Waals surface area contributed by atoms with E-state index in [9.17, 15) is 9.59 Å². The van der Waals surface area contributed by atoms with Crippen molar-refractivity contribution in [2.45, 2.75) is 71.8 Å². The number of amides is 1. The Labute approximate surface area is 167 Å². The van der Waals surface area contributed by atoms with Gasteiger partial charge in [-0.1, -0.05) is 32.1 Å². The zero-order chi connectivity index (χ0) is 20.2. The van der Waals surface area contributed by atoms with Gasteiger partial charge in [-0.2, -0.15) is 0 Å². The molecule has 0 saturated heterocycles. The van der Waals surface area contributed by atoms with E-state index in [1.54, 1.807) is 11.9 Å². The minimum Gasteiger partial charge on any atom is -0.460 e. The fourth-order valence-electron chi connectivity index (χ4n) is 2.52. The van der Waals surface area contributed by atoms with Gasteiger partial charge in [-0.15, -0.1) is 0 Å². The van der Waals surface area contributed by atoms with Crippen molar-refractivity contribution in [1.29, 1.82) is 0 Å². The third-order valence-corrected chi connectivity index (χ3v) is 4.90. The number of anilines is 1. The van der Waals surface area contributed by atoms with Gasteiger partial charge < -0.3 is 14.8 Å². The van der Waals surface area contributed by atoms with Crippen molar-refractivity contribution in [3.05, 3.63) is 41.5 Å². The van der Waals surface area contributed by atoms with Crippen molar-refractivity contribution in [2.24, 2.45) is 0 Å². The van der Waals surface area contributed by atoms with Gasteiger partial charge in [0.25, 0.3) is 0 Å². The van der Waals surface area contributed by atoms with Gasteiger partial charge in [0, 0.05) is 24.7 Å². The molecule has 0 fully saturated rings. The first-order valence-electron chi connectivity index (χ1n) is 9.61. The number of ether oxygens (including phenoxy) is 1. The van der Waals surface area contributed by atoms with Crippen molar-refractivity contribution in [3.8, 4) is 0 Å². The fraction of sp³-hybridized carbons (Fsp3) is 0.524. The lowest BCUT2D eigenvalue weighted by atomic mass is 9.99. The predicted molar refractivity (Wildman–Crippen MR) is 113 cm³/mol. The SMILES string of the molecule is CC.CC(=O)NCc1ccc(NSC2CCCC=C2C(=O)OC(C)C)cc1. The summed E-state index contributed by atoms with van der Waals surface area (Å²) >= 11 is 1.55. The molecule has 1 aromatic rings. The van der Waals surface area contributed by atoms with Crippen LogP contribution in [0.15, 0.2) is 35.9 Å². The highest BCUT2D eigenvalue weighted by Crippen LogP contribution is 2.31. The first kappa shape index (κ1) is 23.1. The summed E-state index contributed by atoms with van der Waals surface area (Å²) in [4.78, 5) is 23.2. The highest BCUT2D eigenvalue weighted by molar-refractivity contribution is 8.01. The first-order valence-corrected chi connectivity index (χ1v) is 10.5. The van der Waals surface area contributed by atoms with Gasteiger partial charge in [-0.05, 0) is 62.8 Å². The Hall–Kier alpha value is -1.95. The van der Waals surface area contributed by atoms with Crippen LogP contribution in [0.4, 0.5) is 5.69 Å². The number of hydrogen-bond acceptors (Lipinski definition) is 5. The Bertz CT molecular complexity index is 627. The zero-order valence-corrected chi connectivity index (χ0v) is 17.8. The molecule has 1 aliphatic carbocycles. The summed E-state index contributed by atoms with van der Waals surface area (Å²) < 4.78 is 8.68. The Morgan fingerprint density at radius 1 is 1.22 bits per heavy atom. The van der Waals surface area contributed by atoms with E-state index in [0.29, 0.717) is 6.54 Å². The Balaban J connectivity index is 0.00000176. The van der Waals surface area contributed by atoms with Gasteiger partial charge in [-0.25, -0.2) is 4.79 Å². The number of carbonyl (C=O) groups excluding carboxylic acids is 2. The zero-order valence-electron chi connectivity index (χ0n) is 17.0. The summed E-state index contributed by atoms with van der Waals surface area (Å²) in [6, 6.07) is 7.90. The maximum Gasteiger partial charge on any atom is 0.335 e. The number of benzene rings is 1. The quantitative estimate of drug-likeness (QED) is 0.513. The van der Waals surface area contributed by atoms with E-state index in [4.69, 9.17) is 4.74 Å². The lowest BCUT2D eigenvalue weighted by Crippen LogP contribution is -2.23. The summed E-state index contributed by atoms with van der Waals surface area (Å²) in [7, 11) is 0.